The Balaban J connectivity index is 1.98. The molecule has 0 radical (unpaired) electrons. The van der Waals surface area contributed by atoms with Crippen LogP contribution in [0.3, 0.4) is 0 Å². The van der Waals surface area contributed by atoms with E-state index in [0.717, 1.165) is 56.7 Å². The fourth-order valence-electron chi connectivity index (χ4n) is 3.57. The fourth-order valence-corrected chi connectivity index (χ4v) is 3.57. The molecule has 0 aromatic heterocycles. The Morgan fingerprint density at radius 3 is 2.67 bits per heavy atom. The minimum atomic E-state index is -0.133. The molecule has 1 fully saturated rings. The molecule has 1 saturated heterocycles. The number of carbonyl (C=O) groups is 1. The van der Waals surface area contributed by atoms with E-state index in [1.54, 1.807) is 12.1 Å². The maximum absolute atomic E-state index is 14.0. The predicted molar refractivity (Wildman–Crippen MR) is 109 cm³/mol. The zero-order chi connectivity index (χ0) is 19.8. The van der Waals surface area contributed by atoms with Gasteiger partial charge in [-0.3, -0.25) is 9.69 Å². The van der Waals surface area contributed by atoms with Gasteiger partial charge in [-0.1, -0.05) is 23.8 Å². The molecule has 0 saturated carbocycles. The molecule has 2 rings (SSSR count). The molecule has 0 bridgehead atoms. The number of allylic oxidation sites excluding steroid dienone is 1. The van der Waals surface area contributed by atoms with E-state index in [2.05, 4.69) is 9.80 Å². The van der Waals surface area contributed by atoms with Crippen LogP contribution in [-0.2, 0) is 11.3 Å². The summed E-state index contributed by atoms with van der Waals surface area (Å²) >= 11 is 0. The summed E-state index contributed by atoms with van der Waals surface area (Å²) in [6, 6.07) is 7.01. The second kappa shape index (κ2) is 10.6. The summed E-state index contributed by atoms with van der Waals surface area (Å²) in [6.07, 6.45) is 3.95. The molecule has 1 aliphatic heterocycles. The average Bonchev–Trinajstić information content (AvgIpc) is 2.60. The maximum atomic E-state index is 14.0. The van der Waals surface area contributed by atoms with Crippen LogP contribution in [0.25, 0.3) is 0 Å². The second-order valence-electron chi connectivity index (χ2n) is 8.14. The summed E-state index contributed by atoms with van der Waals surface area (Å²) in [6.45, 7) is 8.82. The van der Waals surface area contributed by atoms with Gasteiger partial charge in [-0.25, -0.2) is 4.39 Å². The molecule has 4 nitrogen and oxygen atoms in total. The van der Waals surface area contributed by atoms with E-state index in [1.165, 1.54) is 6.07 Å². The molecule has 0 aliphatic carbocycles. The monoisotopic (exact) mass is 375 g/mol. The maximum Gasteiger partial charge on any atom is 0.246 e. The zero-order valence-corrected chi connectivity index (χ0v) is 17.2. The van der Waals surface area contributed by atoms with Crippen LogP contribution >= 0.6 is 0 Å². The van der Waals surface area contributed by atoms with Crippen molar-refractivity contribution in [1.29, 1.82) is 0 Å². The molecule has 1 atom stereocenters. The highest BCUT2D eigenvalue weighted by atomic mass is 19.1. The molecular weight excluding hydrogens is 341 g/mol. The highest BCUT2D eigenvalue weighted by molar-refractivity contribution is 5.88. The number of nitrogens with zero attached hydrogens (tertiary/aromatic N) is 3. The lowest BCUT2D eigenvalue weighted by molar-refractivity contribution is -0.127. The van der Waals surface area contributed by atoms with E-state index < -0.39 is 0 Å². The molecule has 1 aliphatic rings. The highest BCUT2D eigenvalue weighted by Gasteiger charge is 2.24. The topological polar surface area (TPSA) is 26.8 Å². The van der Waals surface area contributed by atoms with E-state index in [0.29, 0.717) is 12.5 Å². The number of amides is 1. The van der Waals surface area contributed by atoms with Crippen LogP contribution in [0.4, 0.5) is 4.39 Å². The van der Waals surface area contributed by atoms with E-state index >= 15 is 0 Å². The highest BCUT2D eigenvalue weighted by Crippen LogP contribution is 2.21. The number of halogens is 1. The van der Waals surface area contributed by atoms with Crippen molar-refractivity contribution in [3.05, 3.63) is 47.3 Å². The molecule has 1 amide bonds. The van der Waals surface area contributed by atoms with Crippen molar-refractivity contribution in [3.63, 3.8) is 0 Å². The Bertz CT molecular complexity index is 640. The first kappa shape index (κ1) is 21.6. The van der Waals surface area contributed by atoms with Crippen molar-refractivity contribution in [2.45, 2.75) is 33.2 Å². The summed E-state index contributed by atoms with van der Waals surface area (Å²) in [5.74, 6) is 0.399. The van der Waals surface area contributed by atoms with Gasteiger partial charge in [-0.15, -0.1) is 0 Å². The minimum Gasteiger partial charge on any atom is -0.338 e. The first-order valence-corrected chi connectivity index (χ1v) is 9.89. The smallest absolute Gasteiger partial charge is 0.246 e. The van der Waals surface area contributed by atoms with Gasteiger partial charge >= 0.3 is 0 Å². The predicted octanol–water partition coefficient (Wildman–Crippen LogP) is 3.39. The average molecular weight is 376 g/mol. The lowest BCUT2D eigenvalue weighted by Crippen LogP contribution is -2.44. The van der Waals surface area contributed by atoms with Crippen LogP contribution in [0.1, 0.15) is 32.3 Å². The third-order valence-electron chi connectivity index (χ3n) is 4.97. The van der Waals surface area contributed by atoms with E-state index in [4.69, 9.17) is 0 Å². The van der Waals surface area contributed by atoms with Crippen molar-refractivity contribution in [3.8, 4) is 0 Å². The number of benzene rings is 1. The summed E-state index contributed by atoms with van der Waals surface area (Å²) in [5, 5.41) is 0. The van der Waals surface area contributed by atoms with Crippen molar-refractivity contribution in [1.82, 2.24) is 14.7 Å². The molecule has 0 spiro atoms. The zero-order valence-electron chi connectivity index (χ0n) is 17.2. The van der Waals surface area contributed by atoms with Crippen molar-refractivity contribution >= 4 is 5.91 Å². The number of rotatable bonds is 8. The molecule has 1 aromatic carbocycles. The van der Waals surface area contributed by atoms with Crippen molar-refractivity contribution in [2.24, 2.45) is 5.92 Å². The van der Waals surface area contributed by atoms with Gasteiger partial charge in [0.2, 0.25) is 5.91 Å². The Kier molecular flexibility index (Phi) is 8.45. The largest absolute Gasteiger partial charge is 0.338 e. The number of piperidine rings is 1. The third kappa shape index (κ3) is 7.43. The molecule has 1 heterocycles. The van der Waals surface area contributed by atoms with Gasteiger partial charge in [0.05, 0.1) is 0 Å². The number of carbonyl (C=O) groups excluding carboxylic acids is 1. The molecule has 0 N–H and O–H groups in total. The van der Waals surface area contributed by atoms with Crippen LogP contribution in [0.5, 0.6) is 0 Å². The summed E-state index contributed by atoms with van der Waals surface area (Å²) in [7, 11) is 4.06. The standard InChI is InChI=1S/C22H34FN3O/c1-18(2)14-22(27)26(13-12-24(3)4)16-19-8-7-11-25(15-19)17-20-9-5-6-10-21(20)23/h5-6,9-10,14,19H,7-8,11-13,15-17H2,1-4H3. The van der Waals surface area contributed by atoms with Gasteiger partial charge in [-0.2, -0.15) is 0 Å². The van der Waals surface area contributed by atoms with Crippen LogP contribution in [0.2, 0.25) is 0 Å². The number of likely N-dealkylation sites (N-methyl/N-ethyl adjacent to an activating group) is 1. The third-order valence-corrected chi connectivity index (χ3v) is 4.97. The molecule has 5 heteroatoms. The summed E-state index contributed by atoms with van der Waals surface area (Å²) in [5.41, 5.74) is 1.78. The normalized spacial score (nSPS) is 17.8. The van der Waals surface area contributed by atoms with Crippen LogP contribution in [0, 0.1) is 11.7 Å². The Hall–Kier alpha value is -1.72. The quantitative estimate of drug-likeness (QED) is 0.652. The minimum absolute atomic E-state index is 0.100. The first-order chi connectivity index (χ1) is 12.8. The molecule has 150 valence electrons. The van der Waals surface area contributed by atoms with E-state index in [-0.39, 0.29) is 11.7 Å². The fraction of sp³-hybridized carbons (Fsp3) is 0.591. The summed E-state index contributed by atoms with van der Waals surface area (Å²) < 4.78 is 14.0. The van der Waals surface area contributed by atoms with Gasteiger partial charge in [0.15, 0.2) is 0 Å². The number of likely N-dealkylation sites (tertiary alicyclic amines) is 1. The Morgan fingerprint density at radius 1 is 1.26 bits per heavy atom. The Labute approximate surface area is 163 Å². The molecule has 1 unspecified atom stereocenters. The molecule has 27 heavy (non-hydrogen) atoms. The van der Waals surface area contributed by atoms with E-state index in [9.17, 15) is 9.18 Å². The molecule has 1 aromatic rings. The number of hydrogen-bond donors (Lipinski definition) is 0. The second-order valence-corrected chi connectivity index (χ2v) is 8.14. The van der Waals surface area contributed by atoms with Gasteiger partial charge < -0.3 is 9.80 Å². The van der Waals surface area contributed by atoms with Crippen molar-refractivity contribution < 1.29 is 9.18 Å². The SMILES string of the molecule is CC(C)=CC(=O)N(CCN(C)C)CC1CCCN(Cc2ccccc2F)C1. The lowest BCUT2D eigenvalue weighted by atomic mass is 9.96. The number of hydrogen-bond acceptors (Lipinski definition) is 3. The Morgan fingerprint density at radius 2 is 2.00 bits per heavy atom. The van der Waals surface area contributed by atoms with Gasteiger partial charge in [0, 0.05) is 44.4 Å². The van der Waals surface area contributed by atoms with Crippen LogP contribution in [-0.4, -0.2) is 67.4 Å². The van der Waals surface area contributed by atoms with Gasteiger partial charge in [0.25, 0.3) is 0 Å². The molecular formula is C22H34FN3O. The summed E-state index contributed by atoms with van der Waals surface area (Å²) in [4.78, 5) is 19.0. The van der Waals surface area contributed by atoms with Crippen LogP contribution < -0.4 is 0 Å². The van der Waals surface area contributed by atoms with E-state index in [1.807, 2.05) is 45.0 Å². The van der Waals surface area contributed by atoms with Gasteiger partial charge in [0.1, 0.15) is 5.82 Å². The van der Waals surface area contributed by atoms with Crippen molar-refractivity contribution in [2.75, 3.05) is 46.8 Å². The first-order valence-electron chi connectivity index (χ1n) is 9.89. The van der Waals surface area contributed by atoms with Gasteiger partial charge in [-0.05, 0) is 59.3 Å². The van der Waals surface area contributed by atoms with Crippen LogP contribution in [0.15, 0.2) is 35.9 Å². The lowest BCUT2D eigenvalue weighted by Gasteiger charge is -2.36.